The summed E-state index contributed by atoms with van der Waals surface area (Å²) in [5.74, 6) is 2.01. The monoisotopic (exact) mass is 416 g/mol. The molecule has 3 aromatic carbocycles. The summed E-state index contributed by atoms with van der Waals surface area (Å²) < 4.78 is 7.50. The molecule has 0 amide bonds. The molecule has 0 N–H and O–H groups in total. The largest absolute Gasteiger partial charge is 0.460 e. The van der Waals surface area contributed by atoms with E-state index in [-0.39, 0.29) is 0 Å². The average molecular weight is 417 g/mol. The van der Waals surface area contributed by atoms with Gasteiger partial charge in [-0.15, -0.1) is 0 Å². The van der Waals surface area contributed by atoms with Crippen molar-refractivity contribution in [3.05, 3.63) is 106 Å². The molecule has 4 aromatic rings. The summed E-state index contributed by atoms with van der Waals surface area (Å²) in [6.45, 7) is 2.17. The topological polar surface area (TPSA) is 13.1 Å². The molecule has 1 nitrogen and oxygen atoms in total. The van der Waals surface area contributed by atoms with E-state index in [9.17, 15) is 0 Å². The molecule has 4 rings (SSSR count). The Hall–Kier alpha value is -2.58. The maximum Gasteiger partial charge on any atom is 0.142 e. The van der Waals surface area contributed by atoms with Crippen LogP contribution >= 0.6 is 15.9 Å². The molecule has 0 atom stereocenters. The standard InChI is InChI=1S/C25H21BrO/c1-18-23(16-15-19-9-4-2-5-10-19)27-25(21-13-8-14-22(26)17-21)24(18)20-11-6-3-7-12-20/h2-14,17H,15-16H2,1H3. The molecule has 1 aromatic heterocycles. The zero-order valence-electron chi connectivity index (χ0n) is 15.3. The van der Waals surface area contributed by atoms with Crippen molar-refractivity contribution >= 4 is 15.9 Å². The van der Waals surface area contributed by atoms with Gasteiger partial charge in [0.1, 0.15) is 11.5 Å². The molecule has 0 spiro atoms. The summed E-state index contributed by atoms with van der Waals surface area (Å²) in [6.07, 6.45) is 1.87. The quantitative estimate of drug-likeness (QED) is 0.328. The minimum Gasteiger partial charge on any atom is -0.460 e. The van der Waals surface area contributed by atoms with Crippen molar-refractivity contribution in [2.45, 2.75) is 19.8 Å². The predicted molar refractivity (Wildman–Crippen MR) is 116 cm³/mol. The fourth-order valence-corrected chi connectivity index (χ4v) is 3.89. The molecular weight excluding hydrogens is 396 g/mol. The maximum absolute atomic E-state index is 6.44. The molecule has 134 valence electrons. The van der Waals surface area contributed by atoms with Gasteiger partial charge in [-0.1, -0.05) is 88.7 Å². The summed E-state index contributed by atoms with van der Waals surface area (Å²) in [4.78, 5) is 0. The van der Waals surface area contributed by atoms with E-state index < -0.39 is 0 Å². The molecule has 0 aliphatic heterocycles. The van der Waals surface area contributed by atoms with Crippen LogP contribution in [0.1, 0.15) is 16.9 Å². The van der Waals surface area contributed by atoms with Crippen LogP contribution in [0.2, 0.25) is 0 Å². The zero-order valence-corrected chi connectivity index (χ0v) is 16.9. The Bertz CT molecular complexity index is 1030. The first kappa shape index (κ1) is 17.8. The van der Waals surface area contributed by atoms with Gasteiger partial charge in [-0.3, -0.25) is 0 Å². The van der Waals surface area contributed by atoms with E-state index in [1.165, 1.54) is 22.3 Å². The lowest BCUT2D eigenvalue weighted by Gasteiger charge is -2.05. The molecule has 0 bridgehead atoms. The van der Waals surface area contributed by atoms with E-state index >= 15 is 0 Å². The number of rotatable bonds is 5. The third-order valence-corrected chi connectivity index (χ3v) is 5.37. The number of aryl methyl sites for hydroxylation is 2. The molecule has 0 fully saturated rings. The second kappa shape index (κ2) is 7.98. The Morgan fingerprint density at radius 2 is 1.41 bits per heavy atom. The van der Waals surface area contributed by atoms with Gasteiger partial charge in [-0.2, -0.15) is 0 Å². The first-order valence-electron chi connectivity index (χ1n) is 9.20. The molecule has 0 aliphatic carbocycles. The van der Waals surface area contributed by atoms with Gasteiger partial charge in [0.05, 0.1) is 0 Å². The van der Waals surface area contributed by atoms with Crippen molar-refractivity contribution in [1.29, 1.82) is 0 Å². The maximum atomic E-state index is 6.44. The molecule has 0 unspecified atom stereocenters. The molecular formula is C25H21BrO. The van der Waals surface area contributed by atoms with Crippen LogP contribution in [-0.2, 0) is 12.8 Å². The van der Waals surface area contributed by atoms with Crippen molar-refractivity contribution in [3.8, 4) is 22.5 Å². The third kappa shape index (κ3) is 3.91. The molecule has 0 aliphatic rings. The van der Waals surface area contributed by atoms with E-state index in [1.807, 2.05) is 12.1 Å². The number of benzene rings is 3. The van der Waals surface area contributed by atoms with Gasteiger partial charge in [0.15, 0.2) is 0 Å². The van der Waals surface area contributed by atoms with Crippen LogP contribution in [0.4, 0.5) is 0 Å². The van der Waals surface area contributed by atoms with Gasteiger partial charge in [-0.25, -0.2) is 0 Å². The normalized spacial score (nSPS) is 10.9. The van der Waals surface area contributed by atoms with Crippen molar-refractivity contribution in [2.75, 3.05) is 0 Å². The second-order valence-corrected chi connectivity index (χ2v) is 7.63. The van der Waals surface area contributed by atoms with Crippen LogP contribution in [0.25, 0.3) is 22.5 Å². The number of hydrogen-bond donors (Lipinski definition) is 0. The second-order valence-electron chi connectivity index (χ2n) is 6.72. The molecule has 0 radical (unpaired) electrons. The Balaban J connectivity index is 1.77. The van der Waals surface area contributed by atoms with Crippen LogP contribution in [0, 0.1) is 6.92 Å². The van der Waals surface area contributed by atoms with Gasteiger partial charge in [-0.05, 0) is 42.2 Å². The molecule has 0 saturated carbocycles. The van der Waals surface area contributed by atoms with E-state index in [0.29, 0.717) is 0 Å². The van der Waals surface area contributed by atoms with Crippen molar-refractivity contribution < 1.29 is 4.42 Å². The Labute approximate surface area is 168 Å². The highest BCUT2D eigenvalue weighted by Gasteiger charge is 2.20. The lowest BCUT2D eigenvalue weighted by molar-refractivity contribution is 0.518. The predicted octanol–water partition coefficient (Wildman–Crippen LogP) is 7.47. The van der Waals surface area contributed by atoms with Gasteiger partial charge in [0, 0.05) is 22.0 Å². The van der Waals surface area contributed by atoms with Gasteiger partial charge in [0.2, 0.25) is 0 Å². The summed E-state index contributed by atoms with van der Waals surface area (Å²) in [7, 11) is 0. The fourth-order valence-electron chi connectivity index (χ4n) is 3.49. The smallest absolute Gasteiger partial charge is 0.142 e. The summed E-state index contributed by atoms with van der Waals surface area (Å²) in [6, 6.07) is 29.4. The van der Waals surface area contributed by atoms with Crippen LogP contribution < -0.4 is 0 Å². The van der Waals surface area contributed by atoms with E-state index in [4.69, 9.17) is 4.42 Å². The number of halogens is 1. The molecule has 0 saturated heterocycles. The van der Waals surface area contributed by atoms with E-state index in [0.717, 1.165) is 34.4 Å². The lowest BCUT2D eigenvalue weighted by atomic mass is 9.97. The minimum absolute atomic E-state index is 0.893. The molecule has 27 heavy (non-hydrogen) atoms. The van der Waals surface area contributed by atoms with Crippen LogP contribution in [-0.4, -0.2) is 0 Å². The third-order valence-electron chi connectivity index (χ3n) is 4.88. The summed E-state index contributed by atoms with van der Waals surface area (Å²) in [5.41, 5.74) is 6.04. The average Bonchev–Trinajstić information content (AvgIpc) is 3.04. The van der Waals surface area contributed by atoms with Gasteiger partial charge >= 0.3 is 0 Å². The SMILES string of the molecule is Cc1c(CCc2ccccc2)oc(-c2cccc(Br)c2)c1-c1ccccc1. The summed E-state index contributed by atoms with van der Waals surface area (Å²) in [5, 5.41) is 0. The Morgan fingerprint density at radius 1 is 0.741 bits per heavy atom. The number of furan rings is 1. The summed E-state index contributed by atoms with van der Waals surface area (Å²) >= 11 is 3.59. The first-order valence-corrected chi connectivity index (χ1v) is 9.99. The fraction of sp³-hybridized carbons (Fsp3) is 0.120. The van der Waals surface area contributed by atoms with Crippen LogP contribution in [0.5, 0.6) is 0 Å². The van der Waals surface area contributed by atoms with E-state index in [2.05, 4.69) is 95.7 Å². The molecule has 1 heterocycles. The van der Waals surface area contributed by atoms with Crippen LogP contribution in [0.15, 0.2) is 93.8 Å². The van der Waals surface area contributed by atoms with Crippen molar-refractivity contribution in [1.82, 2.24) is 0 Å². The first-order chi connectivity index (χ1) is 13.2. The van der Waals surface area contributed by atoms with Crippen LogP contribution in [0.3, 0.4) is 0 Å². The lowest BCUT2D eigenvalue weighted by Crippen LogP contribution is -1.91. The van der Waals surface area contributed by atoms with Gasteiger partial charge in [0.25, 0.3) is 0 Å². The highest BCUT2D eigenvalue weighted by molar-refractivity contribution is 9.10. The zero-order chi connectivity index (χ0) is 18.6. The van der Waals surface area contributed by atoms with E-state index in [1.54, 1.807) is 0 Å². The van der Waals surface area contributed by atoms with Gasteiger partial charge < -0.3 is 4.42 Å². The Kier molecular flexibility index (Phi) is 5.26. The highest BCUT2D eigenvalue weighted by atomic mass is 79.9. The number of hydrogen-bond acceptors (Lipinski definition) is 1. The Morgan fingerprint density at radius 3 is 2.11 bits per heavy atom. The van der Waals surface area contributed by atoms with Crippen molar-refractivity contribution in [3.63, 3.8) is 0 Å². The van der Waals surface area contributed by atoms with Crippen molar-refractivity contribution in [2.24, 2.45) is 0 Å². The molecule has 2 heteroatoms. The highest BCUT2D eigenvalue weighted by Crippen LogP contribution is 2.39. The minimum atomic E-state index is 0.893.